The average Bonchev–Trinajstić information content (AvgIpc) is 1.83. The van der Waals surface area contributed by atoms with Gasteiger partial charge in [0.15, 0.2) is 8.09 Å². The van der Waals surface area contributed by atoms with Gasteiger partial charge in [-0.2, -0.15) is 0 Å². The first-order chi connectivity index (χ1) is 6.02. The van der Waals surface area contributed by atoms with Gasteiger partial charge in [-0.3, -0.25) is 4.79 Å². The van der Waals surface area contributed by atoms with E-state index < -0.39 is 14.1 Å². The van der Waals surface area contributed by atoms with Crippen LogP contribution in [-0.4, -0.2) is 19.2 Å². The molecule has 0 bridgehead atoms. The lowest BCUT2D eigenvalue weighted by atomic mass is 10.6. The Balaban J connectivity index is -0.000000135. The number of alkyl halides is 6. The van der Waals surface area contributed by atoms with Crippen molar-refractivity contribution in [3.8, 4) is 0 Å². The van der Waals surface area contributed by atoms with Crippen molar-refractivity contribution in [2.24, 2.45) is 0 Å². The van der Waals surface area contributed by atoms with E-state index in [-0.39, 0.29) is 0 Å². The van der Waals surface area contributed by atoms with Crippen molar-refractivity contribution < 1.29 is 9.90 Å². The van der Waals surface area contributed by atoms with Crippen LogP contribution in [0.4, 0.5) is 0 Å². The first kappa shape index (κ1) is 20.6. The highest BCUT2D eigenvalue weighted by molar-refractivity contribution is 6.67. The molecule has 0 aromatic carbocycles. The van der Waals surface area contributed by atoms with Gasteiger partial charge in [-0.25, -0.2) is 0 Å². The van der Waals surface area contributed by atoms with Crippen LogP contribution in [0.1, 0.15) is 20.3 Å². The minimum absolute atomic E-state index is 0.567. The Kier molecular flexibility index (Phi) is 18.1. The van der Waals surface area contributed by atoms with Crippen LogP contribution in [0.2, 0.25) is 0 Å². The van der Waals surface area contributed by atoms with Gasteiger partial charge >= 0.3 is 0 Å². The summed E-state index contributed by atoms with van der Waals surface area (Å²) in [5, 5.41) is 7.42. The number of hydrogen-bond donors (Lipinski definition) is 1. The van der Waals surface area contributed by atoms with Crippen LogP contribution >= 0.6 is 69.6 Å². The zero-order valence-corrected chi connectivity index (χ0v) is 11.9. The fourth-order valence-corrected chi connectivity index (χ4v) is 0. The molecule has 0 atom stereocenters. The van der Waals surface area contributed by atoms with Gasteiger partial charge in [0.1, 0.15) is 0 Å². The molecule has 0 aliphatic rings. The number of carboxylic acids is 1. The average molecular weight is 327 g/mol. The van der Waals surface area contributed by atoms with Crippen molar-refractivity contribution in [2.75, 3.05) is 0 Å². The number of aliphatic carboxylic acids is 1. The molecule has 8 heteroatoms. The van der Waals surface area contributed by atoms with Crippen LogP contribution in [0.3, 0.4) is 0 Å². The second kappa shape index (κ2) is 12.3. The molecule has 88 valence electrons. The van der Waals surface area contributed by atoms with Gasteiger partial charge in [-0.15, -0.1) is 0 Å². The monoisotopic (exact) mass is 324 g/mol. The molecule has 0 saturated heterocycles. The lowest BCUT2D eigenvalue weighted by molar-refractivity contribution is -0.134. The topological polar surface area (TPSA) is 37.3 Å². The van der Waals surface area contributed by atoms with Crippen molar-refractivity contribution in [1.82, 2.24) is 0 Å². The smallest absolute Gasteiger partial charge is 0.300 e. The van der Waals surface area contributed by atoms with Crippen molar-refractivity contribution in [2.45, 2.75) is 28.4 Å². The van der Waals surface area contributed by atoms with Crippen molar-refractivity contribution in [1.29, 1.82) is 0 Å². The van der Waals surface area contributed by atoms with E-state index in [9.17, 15) is 0 Å². The predicted molar refractivity (Wildman–Crippen MR) is 65.2 cm³/mol. The Morgan fingerprint density at radius 2 is 1.36 bits per heavy atom. The Bertz CT molecular complexity index is 126. The molecule has 0 heterocycles. The van der Waals surface area contributed by atoms with E-state index in [4.69, 9.17) is 79.5 Å². The van der Waals surface area contributed by atoms with Gasteiger partial charge < -0.3 is 5.11 Å². The van der Waals surface area contributed by atoms with E-state index in [0.29, 0.717) is 6.42 Å². The van der Waals surface area contributed by atoms with Gasteiger partial charge in [0.25, 0.3) is 5.97 Å². The highest BCUT2D eigenvalue weighted by Gasteiger charge is 2.14. The van der Waals surface area contributed by atoms with E-state index in [2.05, 4.69) is 0 Å². The van der Waals surface area contributed by atoms with Gasteiger partial charge in [-0.05, 0) is 6.42 Å². The summed E-state index contributed by atoms with van der Waals surface area (Å²) in [5.41, 5.74) is 0. The standard InChI is InChI=1S/C3H5Cl3.C2H4O2.CHCl3/c1-2-3(4,5)6;1-2(3)4;2-1(3)4/h2H2,1H3;1H3,(H,3,4);1H. The summed E-state index contributed by atoms with van der Waals surface area (Å²) in [4.78, 5) is 9.00. The summed E-state index contributed by atoms with van der Waals surface area (Å²) in [7, 11) is 0. The molecule has 0 fully saturated rings. The molecule has 14 heavy (non-hydrogen) atoms. The lowest BCUT2D eigenvalue weighted by Crippen LogP contribution is -1.95. The quantitative estimate of drug-likeness (QED) is 0.646. The van der Waals surface area contributed by atoms with E-state index in [1.807, 2.05) is 6.92 Å². The van der Waals surface area contributed by atoms with Gasteiger partial charge in [0.05, 0.1) is 0 Å². The fraction of sp³-hybridized carbons (Fsp3) is 0.833. The molecule has 0 amide bonds. The summed E-state index contributed by atoms with van der Waals surface area (Å²) >= 11 is 30.2. The van der Waals surface area contributed by atoms with Crippen LogP contribution in [0, 0.1) is 0 Å². The van der Waals surface area contributed by atoms with Crippen LogP contribution < -0.4 is 0 Å². The Morgan fingerprint density at radius 1 is 1.29 bits per heavy atom. The highest BCUT2D eigenvalue weighted by atomic mass is 35.6. The predicted octanol–water partition coefficient (Wildman–Crippen LogP) is 4.84. The third-order valence-corrected chi connectivity index (χ3v) is 1.20. The molecule has 2 nitrogen and oxygen atoms in total. The maximum absolute atomic E-state index is 9.00. The van der Waals surface area contributed by atoms with Crippen molar-refractivity contribution >= 4 is 75.6 Å². The number of rotatable bonds is 0. The molecule has 0 rings (SSSR count). The zero-order valence-electron chi connectivity index (χ0n) is 7.41. The second-order valence-electron chi connectivity index (χ2n) is 1.74. The van der Waals surface area contributed by atoms with Crippen molar-refractivity contribution in [3.05, 3.63) is 0 Å². The van der Waals surface area contributed by atoms with Crippen LogP contribution in [-0.2, 0) is 4.79 Å². The van der Waals surface area contributed by atoms with E-state index in [1.54, 1.807) is 0 Å². The minimum Gasteiger partial charge on any atom is -0.481 e. The van der Waals surface area contributed by atoms with Crippen LogP contribution in [0.15, 0.2) is 0 Å². The number of hydrogen-bond acceptors (Lipinski definition) is 1. The normalized spacial score (nSPS) is 9.50. The van der Waals surface area contributed by atoms with E-state index in [1.165, 1.54) is 0 Å². The molecule has 0 spiro atoms. The summed E-state index contributed by atoms with van der Waals surface area (Å²) in [6.07, 6.45) is 0.567. The Hall–Kier alpha value is 1.21. The molecule has 0 radical (unpaired) electrons. The minimum atomic E-state index is -1.04. The van der Waals surface area contributed by atoms with E-state index >= 15 is 0 Å². The molecule has 0 unspecified atom stereocenters. The van der Waals surface area contributed by atoms with Crippen molar-refractivity contribution in [3.63, 3.8) is 0 Å². The third kappa shape index (κ3) is 111. The third-order valence-electron chi connectivity index (χ3n) is 0.401. The summed E-state index contributed by atoms with van der Waals surface area (Å²) in [6, 6.07) is 0. The van der Waals surface area contributed by atoms with Gasteiger partial charge in [0, 0.05) is 6.92 Å². The maximum atomic E-state index is 9.00. The summed E-state index contributed by atoms with van der Waals surface area (Å²) < 4.78 is -1.79. The van der Waals surface area contributed by atoms with Gasteiger partial charge in [0.2, 0.25) is 0 Å². The maximum Gasteiger partial charge on any atom is 0.300 e. The molecule has 0 aromatic rings. The molecular formula is C6H10Cl6O2. The number of carboxylic acid groups (broad SMARTS) is 1. The lowest BCUT2D eigenvalue weighted by Gasteiger charge is -2.02. The largest absolute Gasteiger partial charge is 0.481 e. The summed E-state index contributed by atoms with van der Waals surface area (Å²) in [6.45, 7) is 2.90. The van der Waals surface area contributed by atoms with Crippen LogP contribution in [0.5, 0.6) is 0 Å². The molecule has 0 aromatic heterocycles. The Morgan fingerprint density at radius 3 is 1.36 bits per heavy atom. The van der Waals surface area contributed by atoms with Gasteiger partial charge in [-0.1, -0.05) is 76.5 Å². The summed E-state index contributed by atoms with van der Waals surface area (Å²) in [5.74, 6) is -0.833. The van der Waals surface area contributed by atoms with E-state index in [0.717, 1.165) is 6.92 Å². The molecule has 0 saturated carbocycles. The first-order valence-corrected chi connectivity index (χ1v) is 5.65. The number of halogens is 6. The fourth-order valence-electron chi connectivity index (χ4n) is 0. The number of carbonyl (C=O) groups is 1. The first-order valence-electron chi connectivity index (χ1n) is 3.21. The van der Waals surface area contributed by atoms with Crippen LogP contribution in [0.25, 0.3) is 0 Å². The molecule has 0 aliphatic heterocycles. The second-order valence-corrected chi connectivity index (χ2v) is 6.23. The highest BCUT2D eigenvalue weighted by Crippen LogP contribution is 2.28. The molecule has 1 N–H and O–H groups in total. The Labute approximate surface area is 113 Å². The zero-order chi connectivity index (χ0) is 12.4. The molecule has 0 aliphatic carbocycles. The SMILES string of the molecule is CC(=O)O.CCC(Cl)(Cl)Cl.ClC(Cl)Cl. The molecular weight excluding hydrogens is 317 g/mol.